The van der Waals surface area contributed by atoms with Crippen molar-refractivity contribution in [1.29, 1.82) is 0 Å². The van der Waals surface area contributed by atoms with E-state index in [1.807, 2.05) is 0 Å². The van der Waals surface area contributed by atoms with Crippen LogP contribution >= 0.6 is 0 Å². The van der Waals surface area contributed by atoms with Crippen LogP contribution in [0.5, 0.6) is 0 Å². The number of nitrogens with two attached hydrogens (primary N) is 1. The fourth-order valence-electron chi connectivity index (χ4n) is 1.93. The van der Waals surface area contributed by atoms with Crippen LogP contribution in [-0.2, 0) is 4.74 Å². The van der Waals surface area contributed by atoms with Crippen LogP contribution in [-0.4, -0.2) is 48.9 Å². The Labute approximate surface area is 90.2 Å². The lowest BCUT2D eigenvalue weighted by Crippen LogP contribution is -2.40. The predicted octanol–water partition coefficient (Wildman–Crippen LogP) is 0.740. The van der Waals surface area contributed by atoms with Crippen molar-refractivity contribution in [3.05, 3.63) is 0 Å². The van der Waals surface area contributed by atoms with Gasteiger partial charge >= 0.3 is 6.09 Å². The van der Waals surface area contributed by atoms with Crippen molar-refractivity contribution in [3.63, 3.8) is 0 Å². The minimum atomic E-state index is -0.926. The molecule has 0 aliphatic carbocycles. The SMILES string of the molecule is CN(CC(N)CC1CCCOC1)C(=O)O. The van der Waals surface area contributed by atoms with Crippen LogP contribution in [0.1, 0.15) is 19.3 Å². The number of nitrogens with zero attached hydrogens (tertiary/aromatic N) is 1. The Bertz CT molecular complexity index is 205. The van der Waals surface area contributed by atoms with E-state index in [0.717, 1.165) is 32.5 Å². The van der Waals surface area contributed by atoms with Crippen LogP contribution in [0.25, 0.3) is 0 Å². The van der Waals surface area contributed by atoms with Gasteiger partial charge in [-0.25, -0.2) is 4.79 Å². The Kier molecular flexibility index (Phi) is 4.84. The number of rotatable bonds is 4. The maximum atomic E-state index is 10.6. The average molecular weight is 216 g/mol. The molecule has 0 bridgehead atoms. The maximum Gasteiger partial charge on any atom is 0.407 e. The highest BCUT2D eigenvalue weighted by atomic mass is 16.5. The highest BCUT2D eigenvalue weighted by Gasteiger charge is 2.19. The lowest BCUT2D eigenvalue weighted by Gasteiger charge is -2.26. The number of amides is 1. The number of hydrogen-bond donors (Lipinski definition) is 2. The number of carboxylic acid groups (broad SMARTS) is 1. The summed E-state index contributed by atoms with van der Waals surface area (Å²) >= 11 is 0. The zero-order valence-electron chi connectivity index (χ0n) is 9.19. The first-order chi connectivity index (χ1) is 7.09. The van der Waals surface area contributed by atoms with Crippen LogP contribution in [0, 0.1) is 5.92 Å². The normalized spacial score (nSPS) is 23.5. The molecule has 0 saturated carbocycles. The summed E-state index contributed by atoms with van der Waals surface area (Å²) in [4.78, 5) is 11.8. The van der Waals surface area contributed by atoms with Gasteiger partial charge in [-0.15, -0.1) is 0 Å². The molecule has 0 aromatic rings. The second-order valence-corrected chi connectivity index (χ2v) is 4.24. The summed E-state index contributed by atoms with van der Waals surface area (Å²) in [7, 11) is 1.54. The van der Waals surface area contributed by atoms with E-state index in [1.165, 1.54) is 4.90 Å². The molecule has 1 rings (SSSR count). The van der Waals surface area contributed by atoms with Gasteiger partial charge in [-0.05, 0) is 25.2 Å². The fourth-order valence-corrected chi connectivity index (χ4v) is 1.93. The van der Waals surface area contributed by atoms with E-state index >= 15 is 0 Å². The van der Waals surface area contributed by atoms with Crippen molar-refractivity contribution in [2.24, 2.45) is 11.7 Å². The van der Waals surface area contributed by atoms with Gasteiger partial charge in [-0.3, -0.25) is 0 Å². The van der Waals surface area contributed by atoms with Crippen LogP contribution in [0.15, 0.2) is 0 Å². The van der Waals surface area contributed by atoms with Crippen molar-refractivity contribution >= 4 is 6.09 Å². The van der Waals surface area contributed by atoms with Gasteiger partial charge < -0.3 is 20.5 Å². The molecule has 2 unspecified atom stereocenters. The van der Waals surface area contributed by atoms with Gasteiger partial charge in [0.15, 0.2) is 0 Å². The van der Waals surface area contributed by atoms with E-state index in [0.29, 0.717) is 12.5 Å². The predicted molar refractivity (Wildman–Crippen MR) is 56.8 cm³/mol. The topological polar surface area (TPSA) is 75.8 Å². The molecule has 3 N–H and O–H groups in total. The monoisotopic (exact) mass is 216 g/mol. The minimum absolute atomic E-state index is 0.0854. The Hall–Kier alpha value is -0.810. The summed E-state index contributed by atoms with van der Waals surface area (Å²) < 4.78 is 5.35. The van der Waals surface area contributed by atoms with Gasteiger partial charge in [0, 0.05) is 32.8 Å². The molecule has 1 amide bonds. The van der Waals surface area contributed by atoms with E-state index in [2.05, 4.69) is 0 Å². The zero-order valence-corrected chi connectivity index (χ0v) is 9.19. The van der Waals surface area contributed by atoms with E-state index in [-0.39, 0.29) is 6.04 Å². The molecule has 1 aliphatic rings. The average Bonchev–Trinajstić information content (AvgIpc) is 2.18. The standard InChI is InChI=1S/C10H20N2O3/c1-12(10(13)14)6-9(11)5-8-3-2-4-15-7-8/h8-9H,2-7,11H2,1H3,(H,13,14). The summed E-state index contributed by atoms with van der Waals surface area (Å²) in [6, 6.07) is -0.0854. The molecule has 15 heavy (non-hydrogen) atoms. The molecule has 1 fully saturated rings. The number of hydrogen-bond acceptors (Lipinski definition) is 3. The molecular weight excluding hydrogens is 196 g/mol. The summed E-state index contributed by atoms with van der Waals surface area (Å²) in [6.07, 6.45) is 2.15. The molecule has 0 radical (unpaired) electrons. The molecule has 0 spiro atoms. The van der Waals surface area contributed by atoms with Crippen LogP contribution in [0.2, 0.25) is 0 Å². The van der Waals surface area contributed by atoms with Crippen molar-refractivity contribution in [2.45, 2.75) is 25.3 Å². The number of ether oxygens (including phenoxy) is 1. The summed E-state index contributed by atoms with van der Waals surface area (Å²) in [5, 5.41) is 8.68. The van der Waals surface area contributed by atoms with E-state index in [9.17, 15) is 4.79 Å². The van der Waals surface area contributed by atoms with Crippen LogP contribution < -0.4 is 5.73 Å². The third kappa shape index (κ3) is 4.48. The Morgan fingerprint density at radius 2 is 2.47 bits per heavy atom. The highest BCUT2D eigenvalue weighted by Crippen LogP contribution is 2.18. The van der Waals surface area contributed by atoms with E-state index in [1.54, 1.807) is 7.05 Å². The summed E-state index contributed by atoms with van der Waals surface area (Å²) in [5.74, 6) is 0.496. The quantitative estimate of drug-likeness (QED) is 0.726. The summed E-state index contributed by atoms with van der Waals surface area (Å²) in [5.41, 5.74) is 5.88. The highest BCUT2D eigenvalue weighted by molar-refractivity contribution is 5.64. The first kappa shape index (κ1) is 12.3. The van der Waals surface area contributed by atoms with Crippen molar-refractivity contribution < 1.29 is 14.6 Å². The van der Waals surface area contributed by atoms with Gasteiger partial charge in [0.25, 0.3) is 0 Å². The zero-order chi connectivity index (χ0) is 11.3. The molecule has 1 saturated heterocycles. The van der Waals surface area contributed by atoms with Gasteiger partial charge in [0.2, 0.25) is 0 Å². The Morgan fingerprint density at radius 1 is 1.73 bits per heavy atom. The molecule has 2 atom stereocenters. The van der Waals surface area contributed by atoms with Crippen LogP contribution in [0.4, 0.5) is 4.79 Å². The Balaban J connectivity index is 2.22. The van der Waals surface area contributed by atoms with Gasteiger partial charge in [-0.1, -0.05) is 0 Å². The molecule has 5 nitrogen and oxygen atoms in total. The van der Waals surface area contributed by atoms with E-state index < -0.39 is 6.09 Å². The second-order valence-electron chi connectivity index (χ2n) is 4.24. The largest absolute Gasteiger partial charge is 0.465 e. The first-order valence-electron chi connectivity index (χ1n) is 5.37. The summed E-state index contributed by atoms with van der Waals surface area (Å²) in [6.45, 7) is 2.01. The molecule has 1 aliphatic heterocycles. The molecule has 5 heteroatoms. The van der Waals surface area contributed by atoms with Gasteiger partial charge in [0.05, 0.1) is 0 Å². The van der Waals surface area contributed by atoms with Crippen molar-refractivity contribution in [1.82, 2.24) is 4.90 Å². The van der Waals surface area contributed by atoms with Crippen molar-refractivity contribution in [2.75, 3.05) is 26.8 Å². The smallest absolute Gasteiger partial charge is 0.407 e. The third-order valence-electron chi connectivity index (χ3n) is 2.73. The Morgan fingerprint density at radius 3 is 3.00 bits per heavy atom. The number of carbonyl (C=O) groups is 1. The van der Waals surface area contributed by atoms with Crippen LogP contribution in [0.3, 0.4) is 0 Å². The minimum Gasteiger partial charge on any atom is -0.465 e. The number of likely N-dealkylation sites (N-methyl/N-ethyl adjacent to an activating group) is 1. The molecule has 1 heterocycles. The third-order valence-corrected chi connectivity index (χ3v) is 2.73. The van der Waals surface area contributed by atoms with Gasteiger partial charge in [-0.2, -0.15) is 0 Å². The lowest BCUT2D eigenvalue weighted by atomic mass is 9.94. The van der Waals surface area contributed by atoms with E-state index in [4.69, 9.17) is 15.6 Å². The molecule has 0 aromatic carbocycles. The molecule has 0 aromatic heterocycles. The fraction of sp³-hybridized carbons (Fsp3) is 0.900. The second kappa shape index (κ2) is 5.92. The lowest BCUT2D eigenvalue weighted by molar-refractivity contribution is 0.0478. The molecular formula is C10H20N2O3. The van der Waals surface area contributed by atoms with Crippen molar-refractivity contribution in [3.8, 4) is 0 Å². The maximum absolute atomic E-state index is 10.6. The molecule has 88 valence electrons. The van der Waals surface area contributed by atoms with Gasteiger partial charge in [0.1, 0.15) is 0 Å². The first-order valence-corrected chi connectivity index (χ1v) is 5.37.